The maximum absolute atomic E-state index is 13.4. The van der Waals surface area contributed by atoms with Gasteiger partial charge in [0.2, 0.25) is 0 Å². The normalized spacial score (nSPS) is 10.2. The van der Waals surface area contributed by atoms with Crippen molar-refractivity contribution in [3.63, 3.8) is 0 Å². The summed E-state index contributed by atoms with van der Waals surface area (Å²) >= 11 is 3.07. The van der Waals surface area contributed by atoms with E-state index in [0.29, 0.717) is 10.0 Å². The molecule has 0 aliphatic rings. The Bertz CT molecular complexity index is 459. The molecule has 2 N–H and O–H groups in total. The first-order chi connectivity index (χ1) is 7.91. The average Bonchev–Trinajstić information content (AvgIpc) is 2.14. The molecular formula is C11H10BrFO4. The second-order valence-electron chi connectivity index (χ2n) is 3.47. The van der Waals surface area contributed by atoms with E-state index in [9.17, 15) is 14.0 Å². The first kappa shape index (κ1) is 13.6. The Morgan fingerprint density at radius 1 is 1.29 bits per heavy atom. The predicted octanol–water partition coefficient (Wildman–Crippen LogP) is 2.69. The molecule has 0 spiro atoms. The number of hydrogen-bond acceptors (Lipinski definition) is 2. The summed E-state index contributed by atoms with van der Waals surface area (Å²) in [5.41, 5.74) is -0.0933. The predicted molar refractivity (Wildman–Crippen MR) is 61.6 cm³/mol. The Labute approximate surface area is 105 Å². The van der Waals surface area contributed by atoms with Crippen molar-refractivity contribution in [1.29, 1.82) is 0 Å². The van der Waals surface area contributed by atoms with Gasteiger partial charge in [0.15, 0.2) is 0 Å². The first-order valence-corrected chi connectivity index (χ1v) is 5.64. The van der Waals surface area contributed by atoms with Crippen LogP contribution in [0.2, 0.25) is 0 Å². The fraction of sp³-hybridized carbons (Fsp3) is 0.273. The Morgan fingerprint density at radius 2 is 1.94 bits per heavy atom. The Kier molecular flexibility index (Phi) is 4.62. The third-order valence-electron chi connectivity index (χ3n) is 2.19. The van der Waals surface area contributed by atoms with Crippen molar-refractivity contribution in [2.24, 2.45) is 0 Å². The van der Waals surface area contributed by atoms with Gasteiger partial charge in [-0.25, -0.2) is 9.18 Å². The highest BCUT2D eigenvalue weighted by Crippen LogP contribution is 2.22. The van der Waals surface area contributed by atoms with Crippen LogP contribution >= 0.6 is 15.9 Å². The zero-order valence-corrected chi connectivity index (χ0v) is 10.3. The summed E-state index contributed by atoms with van der Waals surface area (Å²) in [4.78, 5) is 21.2. The van der Waals surface area contributed by atoms with Crippen molar-refractivity contribution in [2.45, 2.75) is 19.3 Å². The van der Waals surface area contributed by atoms with E-state index in [1.54, 1.807) is 0 Å². The molecule has 92 valence electrons. The molecule has 6 heteroatoms. The number of carboxylic acids is 2. The molecule has 0 saturated carbocycles. The summed E-state index contributed by atoms with van der Waals surface area (Å²) in [5.74, 6) is -3.13. The average molecular weight is 305 g/mol. The van der Waals surface area contributed by atoms with E-state index in [2.05, 4.69) is 15.9 Å². The molecule has 0 bridgehead atoms. The quantitative estimate of drug-likeness (QED) is 0.877. The van der Waals surface area contributed by atoms with Crippen LogP contribution in [-0.4, -0.2) is 22.2 Å². The largest absolute Gasteiger partial charge is 0.481 e. The van der Waals surface area contributed by atoms with Gasteiger partial charge in [-0.15, -0.1) is 0 Å². The molecule has 0 saturated heterocycles. The van der Waals surface area contributed by atoms with E-state index >= 15 is 0 Å². The summed E-state index contributed by atoms with van der Waals surface area (Å²) in [6, 6.07) is 2.57. The first-order valence-electron chi connectivity index (χ1n) is 4.85. The van der Waals surface area contributed by atoms with Gasteiger partial charge in [0.1, 0.15) is 5.82 Å². The van der Waals surface area contributed by atoms with Gasteiger partial charge in [0, 0.05) is 10.9 Å². The molecule has 1 rings (SSSR count). The molecule has 1 aromatic carbocycles. The highest BCUT2D eigenvalue weighted by atomic mass is 79.9. The zero-order valence-electron chi connectivity index (χ0n) is 8.74. The maximum atomic E-state index is 13.4. The molecule has 17 heavy (non-hydrogen) atoms. The lowest BCUT2D eigenvalue weighted by Crippen LogP contribution is -2.07. The molecule has 0 aliphatic heterocycles. The van der Waals surface area contributed by atoms with E-state index in [0.717, 1.165) is 6.07 Å². The van der Waals surface area contributed by atoms with Crippen molar-refractivity contribution in [1.82, 2.24) is 0 Å². The summed E-state index contributed by atoms with van der Waals surface area (Å²) in [6.07, 6.45) is 0.406. The molecule has 1 aromatic rings. The van der Waals surface area contributed by atoms with Gasteiger partial charge < -0.3 is 10.2 Å². The molecule has 0 unspecified atom stereocenters. The number of aliphatic carboxylic acids is 1. The molecular weight excluding hydrogens is 295 g/mol. The maximum Gasteiger partial charge on any atom is 0.338 e. The Hall–Kier alpha value is -1.43. The van der Waals surface area contributed by atoms with Gasteiger partial charge in [-0.3, -0.25) is 4.79 Å². The van der Waals surface area contributed by atoms with Crippen LogP contribution in [0.25, 0.3) is 0 Å². The number of benzene rings is 1. The van der Waals surface area contributed by atoms with Gasteiger partial charge in [0.25, 0.3) is 0 Å². The van der Waals surface area contributed by atoms with E-state index in [1.807, 2.05) is 0 Å². The molecule has 0 radical (unpaired) electrons. The lowest BCUT2D eigenvalue weighted by molar-refractivity contribution is -0.137. The number of aryl methyl sites for hydroxylation is 1. The van der Waals surface area contributed by atoms with Crippen LogP contribution < -0.4 is 0 Å². The van der Waals surface area contributed by atoms with Gasteiger partial charge in [0.05, 0.1) is 5.56 Å². The van der Waals surface area contributed by atoms with E-state index < -0.39 is 23.3 Å². The number of rotatable bonds is 5. The van der Waals surface area contributed by atoms with Crippen LogP contribution in [0.5, 0.6) is 0 Å². The second-order valence-corrected chi connectivity index (χ2v) is 4.39. The third-order valence-corrected chi connectivity index (χ3v) is 2.65. The van der Waals surface area contributed by atoms with Crippen molar-refractivity contribution in [2.75, 3.05) is 0 Å². The summed E-state index contributed by atoms with van der Waals surface area (Å²) in [5, 5.41) is 17.4. The number of hydrogen-bond donors (Lipinski definition) is 2. The lowest BCUT2D eigenvalue weighted by Gasteiger charge is -2.07. The van der Waals surface area contributed by atoms with Crippen LogP contribution in [0.1, 0.15) is 28.8 Å². The molecule has 0 amide bonds. The second kappa shape index (κ2) is 5.77. The third kappa shape index (κ3) is 3.81. The molecule has 0 aromatic heterocycles. The summed E-state index contributed by atoms with van der Waals surface area (Å²) < 4.78 is 13.9. The lowest BCUT2D eigenvalue weighted by atomic mass is 10.0. The molecule has 0 aliphatic carbocycles. The minimum atomic E-state index is -1.35. The fourth-order valence-corrected chi connectivity index (χ4v) is 1.97. The van der Waals surface area contributed by atoms with Gasteiger partial charge in [-0.2, -0.15) is 0 Å². The Balaban J connectivity index is 2.96. The van der Waals surface area contributed by atoms with Crippen molar-refractivity contribution in [3.05, 3.63) is 33.5 Å². The molecule has 0 heterocycles. The van der Waals surface area contributed by atoms with Crippen molar-refractivity contribution < 1.29 is 24.2 Å². The van der Waals surface area contributed by atoms with Gasteiger partial charge in [-0.1, -0.05) is 15.9 Å². The van der Waals surface area contributed by atoms with Crippen molar-refractivity contribution in [3.8, 4) is 0 Å². The highest BCUT2D eigenvalue weighted by molar-refractivity contribution is 9.10. The van der Waals surface area contributed by atoms with E-state index in [-0.39, 0.29) is 19.3 Å². The van der Waals surface area contributed by atoms with Crippen LogP contribution in [0, 0.1) is 5.82 Å². The number of carbonyl (C=O) groups is 2. The number of halogens is 2. The zero-order chi connectivity index (χ0) is 13.0. The summed E-state index contributed by atoms with van der Waals surface area (Å²) in [6.45, 7) is 0. The SMILES string of the molecule is O=C(O)CCCc1cc(Br)cc(F)c1C(=O)O. The topological polar surface area (TPSA) is 74.6 Å². The Morgan fingerprint density at radius 3 is 2.47 bits per heavy atom. The van der Waals surface area contributed by atoms with Crippen molar-refractivity contribution >= 4 is 27.9 Å². The van der Waals surface area contributed by atoms with Crippen LogP contribution in [0.15, 0.2) is 16.6 Å². The smallest absolute Gasteiger partial charge is 0.338 e. The fourth-order valence-electron chi connectivity index (χ4n) is 1.49. The van der Waals surface area contributed by atoms with Gasteiger partial charge >= 0.3 is 11.9 Å². The van der Waals surface area contributed by atoms with Crippen LogP contribution in [-0.2, 0) is 11.2 Å². The van der Waals surface area contributed by atoms with E-state index in [4.69, 9.17) is 10.2 Å². The van der Waals surface area contributed by atoms with Crippen LogP contribution in [0.4, 0.5) is 4.39 Å². The number of carboxylic acid groups (broad SMARTS) is 2. The van der Waals surface area contributed by atoms with Gasteiger partial charge in [-0.05, 0) is 30.5 Å². The standard InChI is InChI=1S/C11H10BrFO4/c12-7-4-6(2-1-3-9(14)15)10(11(16)17)8(13)5-7/h4-5H,1-3H2,(H,14,15)(H,16,17). The minimum absolute atomic E-state index is 0.0762. The minimum Gasteiger partial charge on any atom is -0.481 e. The molecule has 0 atom stereocenters. The highest BCUT2D eigenvalue weighted by Gasteiger charge is 2.16. The summed E-state index contributed by atoms with van der Waals surface area (Å²) in [7, 11) is 0. The monoisotopic (exact) mass is 304 g/mol. The van der Waals surface area contributed by atoms with Crippen LogP contribution in [0.3, 0.4) is 0 Å². The van der Waals surface area contributed by atoms with E-state index in [1.165, 1.54) is 6.07 Å². The molecule has 0 fully saturated rings. The number of aromatic carboxylic acids is 1. The molecule has 4 nitrogen and oxygen atoms in total.